The Balaban J connectivity index is 2.33. The van der Waals surface area contributed by atoms with E-state index in [1.54, 1.807) is 13.3 Å². The summed E-state index contributed by atoms with van der Waals surface area (Å²) in [6, 6.07) is 9.85. The highest BCUT2D eigenvalue weighted by Gasteiger charge is 2.14. The molecule has 0 aliphatic carbocycles. The van der Waals surface area contributed by atoms with Crippen LogP contribution in [0, 0.1) is 0 Å². The van der Waals surface area contributed by atoms with E-state index in [1.807, 2.05) is 34.7 Å². The van der Waals surface area contributed by atoms with Gasteiger partial charge in [-0.2, -0.15) is 0 Å². The average molecular weight is 305 g/mol. The summed E-state index contributed by atoms with van der Waals surface area (Å²) in [5.74, 6) is 1.20. The third-order valence-electron chi connectivity index (χ3n) is 2.58. The van der Waals surface area contributed by atoms with Crippen molar-refractivity contribution >= 4 is 21.6 Å². The number of methoxy groups -OCH3 is 1. The van der Waals surface area contributed by atoms with E-state index in [0.717, 1.165) is 16.0 Å². The fourth-order valence-corrected chi connectivity index (χ4v) is 2.21. The van der Waals surface area contributed by atoms with Crippen molar-refractivity contribution in [2.24, 2.45) is 0 Å². The predicted octanol–water partition coefficient (Wildman–Crippen LogP) is 2.56. The lowest BCUT2D eigenvalue weighted by atomic mass is 10.2. The van der Waals surface area contributed by atoms with Gasteiger partial charge >= 0.3 is 0 Å². The Hall–Kier alpha value is -1.95. The Morgan fingerprint density at radius 1 is 1.17 bits per heavy atom. The van der Waals surface area contributed by atoms with E-state index in [1.165, 1.54) is 0 Å². The van der Waals surface area contributed by atoms with Crippen LogP contribution in [0.2, 0.25) is 0 Å². The van der Waals surface area contributed by atoms with Gasteiger partial charge in [-0.3, -0.25) is 4.40 Å². The van der Waals surface area contributed by atoms with Crippen LogP contribution >= 0.6 is 15.9 Å². The molecular formula is C12H9BrN4O. The fourth-order valence-electron chi connectivity index (χ4n) is 1.77. The minimum atomic E-state index is 0.452. The van der Waals surface area contributed by atoms with Gasteiger partial charge in [-0.25, -0.2) is 4.98 Å². The fraction of sp³-hybridized carbons (Fsp3) is 0.0833. The van der Waals surface area contributed by atoms with Crippen LogP contribution in [0.4, 0.5) is 0 Å². The molecule has 0 radical (unpaired) electrons. The van der Waals surface area contributed by atoms with Gasteiger partial charge in [0.05, 0.1) is 13.3 Å². The van der Waals surface area contributed by atoms with Crippen LogP contribution in [0.15, 0.2) is 41.1 Å². The largest absolute Gasteiger partial charge is 0.478 e. The Morgan fingerprint density at radius 2 is 1.94 bits per heavy atom. The van der Waals surface area contributed by atoms with Crippen LogP contribution in [0.1, 0.15) is 0 Å². The summed E-state index contributed by atoms with van der Waals surface area (Å²) in [4.78, 5) is 4.14. The highest BCUT2D eigenvalue weighted by Crippen LogP contribution is 2.25. The molecule has 0 saturated carbocycles. The van der Waals surface area contributed by atoms with Crippen molar-refractivity contribution in [1.29, 1.82) is 0 Å². The molecule has 0 unspecified atom stereocenters. The van der Waals surface area contributed by atoms with E-state index >= 15 is 0 Å². The molecule has 90 valence electrons. The summed E-state index contributed by atoms with van der Waals surface area (Å²) < 4.78 is 7.82. The first-order valence-corrected chi connectivity index (χ1v) is 6.09. The molecule has 2 heterocycles. The Bertz CT molecular complexity index is 696. The molecule has 3 rings (SSSR count). The Kier molecular flexibility index (Phi) is 2.71. The lowest BCUT2D eigenvalue weighted by Gasteiger charge is -2.04. The predicted molar refractivity (Wildman–Crippen MR) is 70.5 cm³/mol. The van der Waals surface area contributed by atoms with Gasteiger partial charge in [0.2, 0.25) is 5.65 Å². The van der Waals surface area contributed by atoms with E-state index < -0.39 is 0 Å². The first-order valence-electron chi connectivity index (χ1n) is 5.30. The van der Waals surface area contributed by atoms with Gasteiger partial charge in [0.1, 0.15) is 4.60 Å². The van der Waals surface area contributed by atoms with E-state index in [4.69, 9.17) is 4.74 Å². The molecule has 1 aromatic carbocycles. The monoisotopic (exact) mass is 304 g/mol. The maximum absolute atomic E-state index is 5.18. The zero-order valence-electron chi connectivity index (χ0n) is 9.54. The van der Waals surface area contributed by atoms with Crippen molar-refractivity contribution in [3.63, 3.8) is 0 Å². The van der Waals surface area contributed by atoms with Crippen molar-refractivity contribution in [2.75, 3.05) is 7.11 Å². The summed E-state index contributed by atoms with van der Waals surface area (Å²) in [5.41, 5.74) is 1.57. The lowest BCUT2D eigenvalue weighted by molar-refractivity contribution is 0.399. The van der Waals surface area contributed by atoms with Gasteiger partial charge < -0.3 is 4.74 Å². The number of fused-ring (bicyclic) bond motifs is 1. The number of nitrogens with zero attached hydrogens (tertiary/aromatic N) is 4. The number of halogens is 1. The van der Waals surface area contributed by atoms with Gasteiger partial charge in [0.25, 0.3) is 5.88 Å². The Labute approximate surface area is 112 Å². The van der Waals surface area contributed by atoms with Crippen LogP contribution < -0.4 is 4.74 Å². The zero-order chi connectivity index (χ0) is 12.5. The maximum Gasteiger partial charge on any atom is 0.260 e. The molecule has 6 heteroatoms. The van der Waals surface area contributed by atoms with E-state index in [0.29, 0.717) is 11.5 Å². The number of benzene rings is 1. The molecule has 0 atom stereocenters. The molecule has 3 aromatic rings. The summed E-state index contributed by atoms with van der Waals surface area (Å²) in [6.45, 7) is 0. The molecule has 0 fully saturated rings. The molecule has 0 spiro atoms. The number of ether oxygens (including phenoxy) is 1. The summed E-state index contributed by atoms with van der Waals surface area (Å²) >= 11 is 3.45. The van der Waals surface area contributed by atoms with Gasteiger partial charge in [0.15, 0.2) is 5.82 Å². The first-order chi connectivity index (χ1) is 8.81. The third kappa shape index (κ3) is 1.65. The van der Waals surface area contributed by atoms with Crippen molar-refractivity contribution < 1.29 is 4.74 Å². The van der Waals surface area contributed by atoms with Gasteiger partial charge in [0, 0.05) is 5.56 Å². The van der Waals surface area contributed by atoms with Gasteiger partial charge in [-0.05, 0) is 15.9 Å². The van der Waals surface area contributed by atoms with Gasteiger partial charge in [-0.15, -0.1) is 10.2 Å². The van der Waals surface area contributed by atoms with Gasteiger partial charge in [-0.1, -0.05) is 30.3 Å². The van der Waals surface area contributed by atoms with Crippen LogP contribution in [0.3, 0.4) is 0 Å². The molecule has 0 saturated heterocycles. The van der Waals surface area contributed by atoms with Crippen molar-refractivity contribution in [2.45, 2.75) is 0 Å². The molecule has 2 aromatic heterocycles. The van der Waals surface area contributed by atoms with Crippen LogP contribution in [-0.4, -0.2) is 26.7 Å². The second-order valence-electron chi connectivity index (χ2n) is 3.64. The number of hydrogen-bond acceptors (Lipinski definition) is 4. The van der Waals surface area contributed by atoms with Crippen molar-refractivity contribution in [1.82, 2.24) is 19.6 Å². The summed E-state index contributed by atoms with van der Waals surface area (Å²) in [5, 5.41) is 8.32. The minimum absolute atomic E-state index is 0.452. The maximum atomic E-state index is 5.18. The topological polar surface area (TPSA) is 52.3 Å². The first kappa shape index (κ1) is 11.2. The lowest BCUT2D eigenvalue weighted by Crippen LogP contribution is -1.97. The van der Waals surface area contributed by atoms with E-state index in [9.17, 15) is 0 Å². The normalized spacial score (nSPS) is 10.8. The highest BCUT2D eigenvalue weighted by atomic mass is 79.9. The molecule has 18 heavy (non-hydrogen) atoms. The van der Waals surface area contributed by atoms with Crippen molar-refractivity contribution in [3.05, 3.63) is 41.1 Å². The van der Waals surface area contributed by atoms with Crippen LogP contribution in [0.5, 0.6) is 5.88 Å². The molecule has 5 nitrogen and oxygen atoms in total. The molecule has 0 aliphatic heterocycles. The Morgan fingerprint density at radius 3 is 2.67 bits per heavy atom. The molecule has 0 bridgehead atoms. The number of hydrogen-bond donors (Lipinski definition) is 0. The summed E-state index contributed by atoms with van der Waals surface area (Å²) in [6.07, 6.45) is 1.67. The third-order valence-corrected chi connectivity index (χ3v) is 3.14. The smallest absolute Gasteiger partial charge is 0.260 e. The highest BCUT2D eigenvalue weighted by molar-refractivity contribution is 9.10. The van der Waals surface area contributed by atoms with Crippen LogP contribution in [0.25, 0.3) is 17.0 Å². The zero-order valence-corrected chi connectivity index (χ0v) is 11.1. The second kappa shape index (κ2) is 4.38. The molecule has 0 amide bonds. The van der Waals surface area contributed by atoms with E-state index in [2.05, 4.69) is 31.1 Å². The SMILES string of the molecule is COc1ncc(Br)n2c(-c3ccccc3)nnc12. The van der Waals surface area contributed by atoms with Crippen molar-refractivity contribution in [3.8, 4) is 17.3 Å². The number of aromatic nitrogens is 4. The molecular weight excluding hydrogens is 296 g/mol. The quantitative estimate of drug-likeness (QED) is 0.730. The molecule has 0 N–H and O–H groups in total. The van der Waals surface area contributed by atoms with Crippen LogP contribution in [-0.2, 0) is 0 Å². The minimum Gasteiger partial charge on any atom is -0.478 e. The second-order valence-corrected chi connectivity index (χ2v) is 4.45. The number of rotatable bonds is 2. The molecule has 0 aliphatic rings. The average Bonchev–Trinajstić information content (AvgIpc) is 2.86. The standard InChI is InChI=1S/C12H9BrN4O/c1-18-12-11-16-15-10(8-5-3-2-4-6-8)17(11)9(13)7-14-12/h2-7H,1H3. The van der Waals surface area contributed by atoms with E-state index in [-0.39, 0.29) is 0 Å². The summed E-state index contributed by atoms with van der Waals surface area (Å²) in [7, 11) is 1.56.